The monoisotopic (exact) mass is 629 g/mol. The van der Waals surface area contributed by atoms with Gasteiger partial charge in [-0.3, -0.25) is 15.0 Å². The van der Waals surface area contributed by atoms with E-state index in [0.29, 0.717) is 34.6 Å². The number of thioether (sulfide) groups is 1. The van der Waals surface area contributed by atoms with Crippen LogP contribution in [0.15, 0.2) is 45.7 Å². The van der Waals surface area contributed by atoms with E-state index < -0.39 is 11.5 Å². The lowest BCUT2D eigenvalue weighted by molar-refractivity contribution is 0.0639. The Bertz CT molecular complexity index is 1590. The van der Waals surface area contributed by atoms with Crippen molar-refractivity contribution in [3.8, 4) is 33.5 Å². The molecule has 0 aliphatic carbocycles. The maximum atomic E-state index is 13.5. The molecule has 4 aromatic rings. The number of carbonyl (C=O) groups is 1. The van der Waals surface area contributed by atoms with E-state index in [-0.39, 0.29) is 34.9 Å². The molecule has 0 unspecified atom stereocenters. The van der Waals surface area contributed by atoms with Gasteiger partial charge in [0.1, 0.15) is 23.9 Å². The molecule has 14 nitrogen and oxygen atoms in total. The van der Waals surface area contributed by atoms with Crippen LogP contribution in [0.2, 0.25) is 0 Å². The zero-order valence-electron chi connectivity index (χ0n) is 23.8. The Balaban J connectivity index is 1.50. The first-order chi connectivity index (χ1) is 20.9. The van der Waals surface area contributed by atoms with Gasteiger partial charge in [-0.15, -0.1) is 10.2 Å². The van der Waals surface area contributed by atoms with Gasteiger partial charge in [0.05, 0.1) is 38.6 Å². The van der Waals surface area contributed by atoms with Crippen LogP contribution in [-0.2, 0) is 4.74 Å². The summed E-state index contributed by atoms with van der Waals surface area (Å²) in [4.78, 5) is 29.1. The van der Waals surface area contributed by atoms with E-state index in [4.69, 9.17) is 29.1 Å². The third-order valence-corrected chi connectivity index (χ3v) is 8.41. The molecule has 1 aliphatic heterocycles. The summed E-state index contributed by atoms with van der Waals surface area (Å²) in [5.74, 6) is 2.09. The molecule has 0 radical (unpaired) electrons. The summed E-state index contributed by atoms with van der Waals surface area (Å²) in [6.07, 6.45) is 1.52. The number of nitrogens with one attached hydrogen (secondary N) is 1. The minimum Gasteiger partial charge on any atom is -0.496 e. The number of amides is 1. The third kappa shape index (κ3) is 6.77. The maximum absolute atomic E-state index is 13.5. The highest BCUT2D eigenvalue weighted by molar-refractivity contribution is 7.99. The number of methoxy groups -OCH3 is 3. The standard InChI is InChI=1S/C27H31N7O7S2/c1-37-14-16(33-9-11-42-12-10-33)15-40-23-17(22-18(38-2)5-4-6-19(22)39-3)13-20(41-25(23)36)24(35)30-26-31-32-27(43-26)34-21(28)7-8-29-34/h4-8,13,16H,9-12,14-15,28H2,1-3H3,(H,30,31,35)/t16-/m0/s1. The summed E-state index contributed by atoms with van der Waals surface area (Å²) in [6.45, 7) is 2.33. The Morgan fingerprint density at radius 2 is 1.86 bits per heavy atom. The van der Waals surface area contributed by atoms with Gasteiger partial charge < -0.3 is 29.1 Å². The van der Waals surface area contributed by atoms with Gasteiger partial charge in [0.15, 0.2) is 5.76 Å². The average Bonchev–Trinajstić information content (AvgIpc) is 3.67. The normalized spacial score (nSPS) is 14.3. The Hall–Kier alpha value is -4.12. The second-order valence-corrected chi connectivity index (χ2v) is 11.4. The first-order valence-electron chi connectivity index (χ1n) is 13.2. The molecule has 1 saturated heterocycles. The van der Waals surface area contributed by atoms with E-state index in [9.17, 15) is 9.59 Å². The summed E-state index contributed by atoms with van der Waals surface area (Å²) in [5, 5.41) is 15.2. The fourth-order valence-corrected chi connectivity index (χ4v) is 6.24. The van der Waals surface area contributed by atoms with Crippen LogP contribution in [0.5, 0.6) is 17.2 Å². The van der Waals surface area contributed by atoms with Crippen molar-refractivity contribution < 1.29 is 28.2 Å². The Morgan fingerprint density at radius 1 is 1.12 bits per heavy atom. The predicted molar refractivity (Wildman–Crippen MR) is 163 cm³/mol. The van der Waals surface area contributed by atoms with Crippen molar-refractivity contribution in [2.45, 2.75) is 6.04 Å². The Kier molecular flexibility index (Phi) is 9.81. The molecule has 0 bridgehead atoms. The van der Waals surface area contributed by atoms with Crippen molar-refractivity contribution in [1.29, 1.82) is 0 Å². The van der Waals surface area contributed by atoms with E-state index >= 15 is 0 Å². The fraction of sp³-hybridized carbons (Fsp3) is 0.370. The van der Waals surface area contributed by atoms with Crippen molar-refractivity contribution >= 4 is 40.0 Å². The van der Waals surface area contributed by atoms with E-state index in [1.807, 2.05) is 11.8 Å². The number of nitrogens with two attached hydrogens (primary N) is 1. The molecular formula is C27H31N7O7S2. The molecule has 1 fully saturated rings. The van der Waals surface area contributed by atoms with Crippen LogP contribution in [0.4, 0.5) is 10.9 Å². The van der Waals surface area contributed by atoms with E-state index in [1.54, 1.807) is 31.4 Å². The molecule has 228 valence electrons. The predicted octanol–water partition coefficient (Wildman–Crippen LogP) is 2.64. The quantitative estimate of drug-likeness (QED) is 0.235. The van der Waals surface area contributed by atoms with Crippen molar-refractivity contribution in [3.63, 3.8) is 0 Å². The lowest BCUT2D eigenvalue weighted by Crippen LogP contribution is -2.46. The van der Waals surface area contributed by atoms with Gasteiger partial charge in [0.25, 0.3) is 5.91 Å². The van der Waals surface area contributed by atoms with Crippen molar-refractivity contribution in [1.82, 2.24) is 24.9 Å². The maximum Gasteiger partial charge on any atom is 0.379 e. The molecule has 43 heavy (non-hydrogen) atoms. The summed E-state index contributed by atoms with van der Waals surface area (Å²) in [6, 6.07) is 8.12. The lowest BCUT2D eigenvalue weighted by atomic mass is 10.0. The molecule has 4 heterocycles. The van der Waals surface area contributed by atoms with Gasteiger partial charge in [-0.2, -0.15) is 21.5 Å². The van der Waals surface area contributed by atoms with Crippen LogP contribution in [0.25, 0.3) is 16.3 Å². The third-order valence-electron chi connectivity index (χ3n) is 6.66. The minimum absolute atomic E-state index is 0.0841. The summed E-state index contributed by atoms with van der Waals surface area (Å²) in [7, 11) is 4.63. The largest absolute Gasteiger partial charge is 0.496 e. The van der Waals surface area contributed by atoms with Crippen molar-refractivity contribution in [3.05, 3.63) is 52.7 Å². The van der Waals surface area contributed by atoms with Gasteiger partial charge >= 0.3 is 5.63 Å². The molecule has 3 aromatic heterocycles. The topological polar surface area (TPSA) is 169 Å². The second-order valence-electron chi connectivity index (χ2n) is 9.26. The number of nitrogen functional groups attached to an aromatic ring is 1. The highest BCUT2D eigenvalue weighted by atomic mass is 32.2. The smallest absolute Gasteiger partial charge is 0.379 e. The highest BCUT2D eigenvalue weighted by Crippen LogP contribution is 2.42. The van der Waals surface area contributed by atoms with Gasteiger partial charge in [-0.05, 0) is 18.2 Å². The molecule has 0 saturated carbocycles. The van der Waals surface area contributed by atoms with Crippen LogP contribution in [-0.4, -0.2) is 96.0 Å². The molecular weight excluding hydrogens is 598 g/mol. The number of ether oxygens (including phenoxy) is 4. The SMILES string of the molecule is COC[C@@H](COc1c(-c2c(OC)cccc2OC)cc(C(=O)Nc2nnc(-n3nccc3N)s2)oc1=O)N1CCSCC1. The lowest BCUT2D eigenvalue weighted by Gasteiger charge is -2.33. The summed E-state index contributed by atoms with van der Waals surface area (Å²) >= 11 is 2.93. The first-order valence-corrected chi connectivity index (χ1v) is 15.2. The fourth-order valence-electron chi connectivity index (χ4n) is 4.59. The van der Waals surface area contributed by atoms with E-state index in [2.05, 4.69) is 25.5 Å². The zero-order valence-corrected chi connectivity index (χ0v) is 25.4. The number of carbonyl (C=O) groups excluding carboxylic acids is 1. The highest BCUT2D eigenvalue weighted by Gasteiger charge is 2.27. The molecule has 1 aliphatic rings. The number of hydrogen-bond donors (Lipinski definition) is 2. The van der Waals surface area contributed by atoms with Crippen LogP contribution < -0.4 is 30.9 Å². The molecule has 1 atom stereocenters. The van der Waals surface area contributed by atoms with Crippen molar-refractivity contribution in [2.75, 3.05) is 70.2 Å². The summed E-state index contributed by atoms with van der Waals surface area (Å²) in [5.41, 5.74) is 5.73. The minimum atomic E-state index is -0.844. The number of anilines is 2. The van der Waals surface area contributed by atoms with Crippen LogP contribution in [0.1, 0.15) is 10.6 Å². The van der Waals surface area contributed by atoms with Crippen LogP contribution in [0.3, 0.4) is 0 Å². The van der Waals surface area contributed by atoms with E-state index in [0.717, 1.165) is 35.9 Å². The van der Waals surface area contributed by atoms with Crippen LogP contribution >= 0.6 is 23.1 Å². The van der Waals surface area contributed by atoms with Gasteiger partial charge in [-0.1, -0.05) is 17.4 Å². The molecule has 5 rings (SSSR count). The number of hydrogen-bond acceptors (Lipinski definition) is 14. The Labute approximate surface area is 255 Å². The van der Waals surface area contributed by atoms with Gasteiger partial charge in [0.2, 0.25) is 16.0 Å². The van der Waals surface area contributed by atoms with Gasteiger partial charge in [-0.25, -0.2) is 4.79 Å². The zero-order chi connectivity index (χ0) is 30.3. The number of aromatic nitrogens is 4. The molecule has 0 spiro atoms. The van der Waals surface area contributed by atoms with E-state index in [1.165, 1.54) is 31.2 Å². The van der Waals surface area contributed by atoms with Crippen LogP contribution in [0, 0.1) is 0 Å². The molecule has 1 aromatic carbocycles. The van der Waals surface area contributed by atoms with Crippen molar-refractivity contribution in [2.24, 2.45) is 0 Å². The number of nitrogens with zero attached hydrogens (tertiary/aromatic N) is 5. The molecule has 1 amide bonds. The first kappa shape index (κ1) is 30.3. The average molecular weight is 630 g/mol. The Morgan fingerprint density at radius 3 is 2.51 bits per heavy atom. The molecule has 3 N–H and O–H groups in total. The molecule has 16 heteroatoms. The second kappa shape index (κ2) is 13.9. The number of rotatable bonds is 12. The van der Waals surface area contributed by atoms with Gasteiger partial charge in [0, 0.05) is 43.3 Å². The number of benzene rings is 1. The summed E-state index contributed by atoms with van der Waals surface area (Å²) < 4.78 is 29.7.